The number of aliphatic hydroxyl groups excluding tert-OH is 1. The third-order valence-corrected chi connectivity index (χ3v) is 4.24. The fourth-order valence-electron chi connectivity index (χ4n) is 2.78. The minimum Gasteiger partial charge on any atom is -0.394 e. The molecule has 0 radical (unpaired) electrons. The van der Waals surface area contributed by atoms with Gasteiger partial charge in [-0.2, -0.15) is 0 Å². The van der Waals surface area contributed by atoms with Crippen molar-refractivity contribution < 1.29 is 14.2 Å². The van der Waals surface area contributed by atoms with Crippen LogP contribution in [-0.2, 0) is 4.74 Å². The molecule has 21 heavy (non-hydrogen) atoms. The lowest BCUT2D eigenvalue weighted by Gasteiger charge is -2.39. The van der Waals surface area contributed by atoms with Gasteiger partial charge in [0.25, 0.3) is 0 Å². The van der Waals surface area contributed by atoms with E-state index in [0.717, 1.165) is 6.54 Å². The van der Waals surface area contributed by atoms with Crippen molar-refractivity contribution in [1.29, 1.82) is 0 Å². The summed E-state index contributed by atoms with van der Waals surface area (Å²) in [6, 6.07) is 6.62. The van der Waals surface area contributed by atoms with Crippen LogP contribution < -0.4 is 5.73 Å². The van der Waals surface area contributed by atoms with E-state index in [0.29, 0.717) is 18.7 Å². The zero-order chi connectivity index (χ0) is 15.4. The highest BCUT2D eigenvalue weighted by Gasteiger charge is 2.28. The lowest BCUT2D eigenvalue weighted by Crippen LogP contribution is -2.51. The molecule has 1 fully saturated rings. The Labute approximate surface area is 125 Å². The Morgan fingerprint density at radius 1 is 1.48 bits per heavy atom. The molecule has 0 aliphatic carbocycles. The Bertz CT molecular complexity index is 458. The van der Waals surface area contributed by atoms with Crippen LogP contribution in [0.3, 0.4) is 0 Å². The van der Waals surface area contributed by atoms with E-state index in [1.165, 1.54) is 6.07 Å². The number of morpholine rings is 1. The van der Waals surface area contributed by atoms with Crippen LogP contribution in [0, 0.1) is 11.7 Å². The summed E-state index contributed by atoms with van der Waals surface area (Å²) in [7, 11) is 0. The monoisotopic (exact) mass is 296 g/mol. The maximum atomic E-state index is 13.8. The lowest BCUT2D eigenvalue weighted by atomic mass is 9.93. The van der Waals surface area contributed by atoms with Gasteiger partial charge in [-0.05, 0) is 18.9 Å². The Balaban J connectivity index is 2.00. The van der Waals surface area contributed by atoms with Crippen LogP contribution in [0.25, 0.3) is 0 Å². The molecule has 1 aliphatic heterocycles. The highest BCUT2D eigenvalue weighted by Crippen LogP contribution is 2.24. The zero-order valence-electron chi connectivity index (χ0n) is 12.7. The highest BCUT2D eigenvalue weighted by atomic mass is 19.1. The van der Waals surface area contributed by atoms with Gasteiger partial charge in [-0.25, -0.2) is 4.39 Å². The minimum atomic E-state index is -0.339. The summed E-state index contributed by atoms with van der Waals surface area (Å²) in [5.41, 5.74) is 6.78. The second-order valence-electron chi connectivity index (χ2n) is 5.97. The number of benzene rings is 1. The third-order valence-electron chi connectivity index (χ3n) is 4.24. The molecule has 1 aliphatic rings. The Kier molecular flexibility index (Phi) is 5.70. The summed E-state index contributed by atoms with van der Waals surface area (Å²) in [5, 5.41) is 9.23. The number of rotatable bonds is 5. The van der Waals surface area contributed by atoms with Crippen molar-refractivity contribution in [2.45, 2.75) is 32.0 Å². The van der Waals surface area contributed by atoms with Crippen LogP contribution in [0.5, 0.6) is 0 Å². The van der Waals surface area contributed by atoms with Gasteiger partial charge in [-0.15, -0.1) is 0 Å². The third kappa shape index (κ3) is 4.01. The van der Waals surface area contributed by atoms with E-state index in [1.54, 1.807) is 12.1 Å². The van der Waals surface area contributed by atoms with Crippen LogP contribution in [-0.4, -0.2) is 48.5 Å². The van der Waals surface area contributed by atoms with Crippen molar-refractivity contribution in [3.8, 4) is 0 Å². The van der Waals surface area contributed by atoms with Crippen LogP contribution in [0.4, 0.5) is 4.39 Å². The quantitative estimate of drug-likeness (QED) is 0.865. The van der Waals surface area contributed by atoms with Gasteiger partial charge in [0, 0.05) is 30.7 Å². The fourth-order valence-corrected chi connectivity index (χ4v) is 2.78. The van der Waals surface area contributed by atoms with Crippen LogP contribution in [0.15, 0.2) is 24.3 Å². The fraction of sp³-hybridized carbons (Fsp3) is 0.625. The summed E-state index contributed by atoms with van der Waals surface area (Å²) in [6.07, 6.45) is -0.141. The van der Waals surface area contributed by atoms with E-state index >= 15 is 0 Å². The number of halogens is 1. The van der Waals surface area contributed by atoms with Crippen molar-refractivity contribution in [3.63, 3.8) is 0 Å². The van der Waals surface area contributed by atoms with Crippen molar-refractivity contribution in [1.82, 2.24) is 4.90 Å². The Morgan fingerprint density at radius 3 is 2.86 bits per heavy atom. The standard InChI is InChI=1S/C16H25FN2O2/c1-11(16(18)14-5-3-4-6-15(14)17)7-19-8-13(9-20)21-10-12(19)2/h3-6,11-13,16,20H,7-10,18H2,1-2H3. The first-order chi connectivity index (χ1) is 10.0. The molecule has 1 saturated heterocycles. The predicted molar refractivity (Wildman–Crippen MR) is 80.4 cm³/mol. The van der Waals surface area contributed by atoms with Gasteiger partial charge in [0.05, 0.1) is 19.3 Å². The van der Waals surface area contributed by atoms with E-state index < -0.39 is 0 Å². The average Bonchev–Trinajstić information content (AvgIpc) is 2.49. The molecule has 1 aromatic rings. The van der Waals surface area contributed by atoms with Crippen molar-refractivity contribution in [2.75, 3.05) is 26.3 Å². The summed E-state index contributed by atoms with van der Waals surface area (Å²) < 4.78 is 19.4. The molecular formula is C16H25FN2O2. The van der Waals surface area contributed by atoms with E-state index in [2.05, 4.69) is 11.8 Å². The maximum absolute atomic E-state index is 13.8. The first kappa shape index (κ1) is 16.4. The van der Waals surface area contributed by atoms with Gasteiger partial charge in [-0.1, -0.05) is 25.1 Å². The van der Waals surface area contributed by atoms with E-state index in [4.69, 9.17) is 10.5 Å². The van der Waals surface area contributed by atoms with Crippen molar-refractivity contribution in [3.05, 3.63) is 35.6 Å². The largest absolute Gasteiger partial charge is 0.394 e. The molecule has 4 nitrogen and oxygen atoms in total. The first-order valence-corrected chi connectivity index (χ1v) is 7.49. The molecular weight excluding hydrogens is 271 g/mol. The number of aliphatic hydroxyl groups is 1. The highest BCUT2D eigenvalue weighted by molar-refractivity contribution is 5.21. The molecule has 0 spiro atoms. The molecule has 0 saturated carbocycles. The summed E-state index contributed by atoms with van der Waals surface area (Å²) in [6.45, 7) is 6.20. The number of nitrogens with two attached hydrogens (primary N) is 1. The number of nitrogens with zero attached hydrogens (tertiary/aromatic N) is 1. The molecule has 0 bridgehead atoms. The summed E-state index contributed by atoms with van der Waals surface area (Å²) in [5.74, 6) is -0.137. The van der Waals surface area contributed by atoms with Crippen molar-refractivity contribution in [2.24, 2.45) is 11.7 Å². The van der Waals surface area contributed by atoms with Crippen LogP contribution in [0.2, 0.25) is 0 Å². The molecule has 2 rings (SSSR count). The van der Waals surface area contributed by atoms with Gasteiger partial charge in [0.2, 0.25) is 0 Å². The van der Waals surface area contributed by atoms with E-state index in [9.17, 15) is 9.50 Å². The SMILES string of the molecule is CC(CN1CC(CO)OCC1C)C(N)c1ccccc1F. The normalized spacial score (nSPS) is 26.5. The van der Waals surface area contributed by atoms with Gasteiger partial charge >= 0.3 is 0 Å². The van der Waals surface area contributed by atoms with Gasteiger partial charge < -0.3 is 15.6 Å². The summed E-state index contributed by atoms with van der Waals surface area (Å²) >= 11 is 0. The van der Waals surface area contributed by atoms with Crippen LogP contribution in [0.1, 0.15) is 25.5 Å². The van der Waals surface area contributed by atoms with Gasteiger partial charge in [0.15, 0.2) is 0 Å². The molecule has 118 valence electrons. The number of ether oxygens (including phenoxy) is 1. The molecule has 1 heterocycles. The van der Waals surface area contributed by atoms with Gasteiger partial charge in [0.1, 0.15) is 5.82 Å². The summed E-state index contributed by atoms with van der Waals surface area (Å²) in [4.78, 5) is 2.26. The van der Waals surface area contributed by atoms with E-state index in [-0.39, 0.29) is 36.5 Å². The molecule has 3 N–H and O–H groups in total. The zero-order valence-corrected chi connectivity index (χ0v) is 12.7. The van der Waals surface area contributed by atoms with E-state index in [1.807, 2.05) is 13.0 Å². The molecule has 0 amide bonds. The van der Waals surface area contributed by atoms with Crippen LogP contribution >= 0.6 is 0 Å². The molecule has 4 atom stereocenters. The number of hydrogen-bond donors (Lipinski definition) is 2. The first-order valence-electron chi connectivity index (χ1n) is 7.49. The lowest BCUT2D eigenvalue weighted by molar-refractivity contribution is -0.0816. The second kappa shape index (κ2) is 7.31. The molecule has 4 unspecified atom stereocenters. The van der Waals surface area contributed by atoms with Gasteiger partial charge in [-0.3, -0.25) is 4.90 Å². The topological polar surface area (TPSA) is 58.7 Å². The molecule has 0 aromatic heterocycles. The molecule has 5 heteroatoms. The van der Waals surface area contributed by atoms with Crippen molar-refractivity contribution >= 4 is 0 Å². The number of hydrogen-bond acceptors (Lipinski definition) is 4. The smallest absolute Gasteiger partial charge is 0.127 e. The Hall–Kier alpha value is -1.01. The maximum Gasteiger partial charge on any atom is 0.127 e. The Morgan fingerprint density at radius 2 is 2.19 bits per heavy atom. The minimum absolute atomic E-state index is 0.0248. The predicted octanol–water partition coefficient (Wildman–Crippen LogP) is 1.54. The average molecular weight is 296 g/mol. The second-order valence-corrected chi connectivity index (χ2v) is 5.97. The molecule has 1 aromatic carbocycles.